The molecule has 0 saturated carbocycles. The minimum atomic E-state index is 0.465. The molecule has 17 heavy (non-hydrogen) atoms. The maximum absolute atomic E-state index is 5.48. The van der Waals surface area contributed by atoms with Crippen LogP contribution in [0, 0.1) is 0 Å². The number of nitrogens with two attached hydrogens (primary N) is 1. The van der Waals surface area contributed by atoms with E-state index in [4.69, 9.17) is 10.5 Å². The SMILES string of the molecule is COc1ccc(-c2nccc(CCN)n2)nn1. The lowest BCUT2D eigenvalue weighted by Crippen LogP contribution is -2.05. The van der Waals surface area contributed by atoms with Gasteiger partial charge < -0.3 is 10.5 Å². The van der Waals surface area contributed by atoms with Crippen LogP contribution in [0.1, 0.15) is 5.69 Å². The molecule has 2 N–H and O–H groups in total. The topological polar surface area (TPSA) is 86.8 Å². The Kier molecular flexibility index (Phi) is 3.56. The van der Waals surface area contributed by atoms with Gasteiger partial charge in [-0.25, -0.2) is 9.97 Å². The summed E-state index contributed by atoms with van der Waals surface area (Å²) in [6.45, 7) is 0.560. The molecular weight excluding hydrogens is 218 g/mol. The van der Waals surface area contributed by atoms with E-state index in [9.17, 15) is 0 Å². The van der Waals surface area contributed by atoms with Crippen LogP contribution in [0.5, 0.6) is 5.88 Å². The third-order valence-corrected chi connectivity index (χ3v) is 2.19. The van der Waals surface area contributed by atoms with Crippen LogP contribution >= 0.6 is 0 Å². The van der Waals surface area contributed by atoms with E-state index in [-0.39, 0.29) is 0 Å². The zero-order valence-corrected chi connectivity index (χ0v) is 9.50. The van der Waals surface area contributed by atoms with Crippen molar-refractivity contribution in [2.24, 2.45) is 5.73 Å². The molecule has 6 heteroatoms. The largest absolute Gasteiger partial charge is 0.480 e. The second kappa shape index (κ2) is 5.31. The number of ether oxygens (including phenoxy) is 1. The molecule has 2 aromatic heterocycles. The highest BCUT2D eigenvalue weighted by molar-refractivity contribution is 5.48. The Bertz CT molecular complexity index is 485. The van der Waals surface area contributed by atoms with Gasteiger partial charge in [0.25, 0.3) is 0 Å². The number of nitrogens with zero attached hydrogens (tertiary/aromatic N) is 4. The van der Waals surface area contributed by atoms with E-state index in [1.807, 2.05) is 6.07 Å². The summed E-state index contributed by atoms with van der Waals surface area (Å²) >= 11 is 0. The molecule has 0 atom stereocenters. The number of methoxy groups -OCH3 is 1. The van der Waals surface area contributed by atoms with E-state index in [0.29, 0.717) is 23.9 Å². The first kappa shape index (κ1) is 11.4. The number of hydrogen-bond donors (Lipinski definition) is 1. The average molecular weight is 231 g/mol. The number of aromatic nitrogens is 4. The van der Waals surface area contributed by atoms with Gasteiger partial charge in [0.05, 0.1) is 7.11 Å². The smallest absolute Gasteiger partial charge is 0.233 e. The van der Waals surface area contributed by atoms with Crippen molar-refractivity contribution in [2.75, 3.05) is 13.7 Å². The highest BCUT2D eigenvalue weighted by atomic mass is 16.5. The minimum absolute atomic E-state index is 0.465. The molecule has 88 valence electrons. The second-order valence-electron chi connectivity index (χ2n) is 3.37. The van der Waals surface area contributed by atoms with E-state index < -0.39 is 0 Å². The van der Waals surface area contributed by atoms with Crippen molar-refractivity contribution in [1.29, 1.82) is 0 Å². The van der Waals surface area contributed by atoms with Gasteiger partial charge in [0.15, 0.2) is 5.82 Å². The summed E-state index contributed by atoms with van der Waals surface area (Å²) in [5.41, 5.74) is 7.00. The molecule has 0 aliphatic heterocycles. The average Bonchev–Trinajstić information content (AvgIpc) is 2.40. The molecule has 0 radical (unpaired) electrons. The normalized spacial score (nSPS) is 10.2. The van der Waals surface area contributed by atoms with Crippen LogP contribution in [0.4, 0.5) is 0 Å². The van der Waals surface area contributed by atoms with Crippen LogP contribution in [-0.4, -0.2) is 33.8 Å². The first-order valence-electron chi connectivity index (χ1n) is 5.23. The van der Waals surface area contributed by atoms with Crippen LogP contribution in [0.15, 0.2) is 24.4 Å². The van der Waals surface area contributed by atoms with Crippen molar-refractivity contribution in [3.05, 3.63) is 30.1 Å². The first-order chi connectivity index (χ1) is 8.33. The Hall–Kier alpha value is -2.08. The number of rotatable bonds is 4. The maximum atomic E-state index is 5.48. The van der Waals surface area contributed by atoms with Crippen molar-refractivity contribution >= 4 is 0 Å². The van der Waals surface area contributed by atoms with Gasteiger partial charge in [0, 0.05) is 24.4 Å². The van der Waals surface area contributed by atoms with Crippen molar-refractivity contribution in [2.45, 2.75) is 6.42 Å². The van der Waals surface area contributed by atoms with E-state index in [1.165, 1.54) is 0 Å². The number of hydrogen-bond acceptors (Lipinski definition) is 6. The van der Waals surface area contributed by atoms with Gasteiger partial charge in [-0.3, -0.25) is 0 Å². The molecule has 0 amide bonds. The van der Waals surface area contributed by atoms with Gasteiger partial charge in [-0.15, -0.1) is 10.2 Å². The molecule has 6 nitrogen and oxygen atoms in total. The quantitative estimate of drug-likeness (QED) is 0.821. The summed E-state index contributed by atoms with van der Waals surface area (Å²) in [6.07, 6.45) is 2.42. The Morgan fingerprint density at radius 2 is 2.12 bits per heavy atom. The molecule has 2 rings (SSSR count). The predicted octanol–water partition coefficient (Wildman–Crippen LogP) is 0.443. The van der Waals surface area contributed by atoms with Gasteiger partial charge >= 0.3 is 0 Å². The fourth-order valence-electron chi connectivity index (χ4n) is 1.35. The molecule has 0 aromatic carbocycles. The summed E-state index contributed by atoms with van der Waals surface area (Å²) < 4.78 is 4.94. The van der Waals surface area contributed by atoms with Crippen LogP contribution < -0.4 is 10.5 Å². The Labute approximate surface area is 98.9 Å². The monoisotopic (exact) mass is 231 g/mol. The zero-order chi connectivity index (χ0) is 12.1. The summed E-state index contributed by atoms with van der Waals surface area (Å²) in [4.78, 5) is 8.51. The third kappa shape index (κ3) is 2.73. The van der Waals surface area contributed by atoms with Crippen LogP contribution in [0.2, 0.25) is 0 Å². The zero-order valence-electron chi connectivity index (χ0n) is 9.50. The van der Waals surface area contributed by atoms with Gasteiger partial charge in [-0.05, 0) is 18.7 Å². The van der Waals surface area contributed by atoms with Crippen molar-refractivity contribution in [3.63, 3.8) is 0 Å². The summed E-state index contributed by atoms with van der Waals surface area (Å²) in [5.74, 6) is 1.01. The summed E-state index contributed by atoms with van der Waals surface area (Å²) in [7, 11) is 1.54. The molecule has 0 fully saturated rings. The van der Waals surface area contributed by atoms with Crippen LogP contribution in [-0.2, 0) is 6.42 Å². The minimum Gasteiger partial charge on any atom is -0.480 e. The van der Waals surface area contributed by atoms with Gasteiger partial charge in [-0.1, -0.05) is 0 Å². The Morgan fingerprint density at radius 3 is 2.76 bits per heavy atom. The Balaban J connectivity index is 2.28. The van der Waals surface area contributed by atoms with Gasteiger partial charge in [0.1, 0.15) is 5.69 Å². The lowest BCUT2D eigenvalue weighted by molar-refractivity contribution is 0.392. The molecule has 0 unspecified atom stereocenters. The van der Waals surface area contributed by atoms with Crippen LogP contribution in [0.25, 0.3) is 11.5 Å². The van der Waals surface area contributed by atoms with E-state index in [0.717, 1.165) is 12.1 Å². The molecule has 2 aromatic rings. The molecule has 2 heterocycles. The first-order valence-corrected chi connectivity index (χ1v) is 5.23. The molecular formula is C11H13N5O. The van der Waals surface area contributed by atoms with E-state index in [2.05, 4.69) is 20.2 Å². The van der Waals surface area contributed by atoms with Gasteiger partial charge in [-0.2, -0.15) is 0 Å². The molecule has 0 saturated heterocycles. The van der Waals surface area contributed by atoms with Crippen molar-refractivity contribution in [3.8, 4) is 17.4 Å². The molecule has 0 aliphatic rings. The predicted molar refractivity (Wildman–Crippen MR) is 62.4 cm³/mol. The maximum Gasteiger partial charge on any atom is 0.233 e. The highest BCUT2D eigenvalue weighted by Gasteiger charge is 2.05. The lowest BCUT2D eigenvalue weighted by Gasteiger charge is -2.02. The fourth-order valence-corrected chi connectivity index (χ4v) is 1.35. The van der Waals surface area contributed by atoms with Crippen LogP contribution in [0.3, 0.4) is 0 Å². The standard InChI is InChI=1S/C11H13N5O/c1-17-10-3-2-9(15-16-10)11-13-7-5-8(14-11)4-6-12/h2-3,5,7H,4,6,12H2,1H3. The third-order valence-electron chi connectivity index (χ3n) is 2.19. The van der Waals surface area contributed by atoms with Crippen molar-refractivity contribution in [1.82, 2.24) is 20.2 Å². The molecule has 0 spiro atoms. The molecule has 0 aliphatic carbocycles. The fraction of sp³-hybridized carbons (Fsp3) is 0.273. The van der Waals surface area contributed by atoms with Gasteiger partial charge in [0.2, 0.25) is 5.88 Å². The Morgan fingerprint density at radius 1 is 1.24 bits per heavy atom. The summed E-state index contributed by atoms with van der Waals surface area (Å²) in [6, 6.07) is 5.34. The van der Waals surface area contributed by atoms with Crippen molar-refractivity contribution < 1.29 is 4.74 Å². The van der Waals surface area contributed by atoms with E-state index in [1.54, 1.807) is 25.4 Å². The lowest BCUT2D eigenvalue weighted by atomic mass is 10.3. The molecule has 0 bridgehead atoms. The second-order valence-corrected chi connectivity index (χ2v) is 3.37. The highest BCUT2D eigenvalue weighted by Crippen LogP contribution is 2.13. The van der Waals surface area contributed by atoms with E-state index >= 15 is 0 Å². The summed E-state index contributed by atoms with van der Waals surface area (Å²) in [5, 5.41) is 7.86.